The highest BCUT2D eigenvalue weighted by atomic mass is 32.2. The minimum atomic E-state index is -5.00. The fourth-order valence-corrected chi connectivity index (χ4v) is 8.64. The summed E-state index contributed by atoms with van der Waals surface area (Å²) in [6, 6.07) is 1.65. The van der Waals surface area contributed by atoms with Gasteiger partial charge in [-0.1, -0.05) is 25.0 Å². The lowest BCUT2D eigenvalue weighted by molar-refractivity contribution is -0.143. The fourth-order valence-electron chi connectivity index (χ4n) is 7.33. The summed E-state index contributed by atoms with van der Waals surface area (Å²) in [6.45, 7) is 1.14. The molecule has 5 atom stereocenters. The van der Waals surface area contributed by atoms with Crippen molar-refractivity contribution in [1.29, 1.82) is 0 Å². The lowest BCUT2D eigenvalue weighted by Gasteiger charge is -2.31. The summed E-state index contributed by atoms with van der Waals surface area (Å²) >= 11 is 0. The number of hydrogen-bond acceptors (Lipinski definition) is 11. The SMILES string of the molecule is COc1ccc2nc(O[C@@H]3C[C@H]4C(=O)N[C@]5(C(=O)NS(=O)(=O)C6(C)CC6)C[C@H]5/C=C/CCCCC[C@H](NC(=O)OC5CCC5)C(=O)N4C3)c(C(F)(F)F)nc2c1. The van der Waals surface area contributed by atoms with E-state index in [0.717, 1.165) is 11.3 Å². The Morgan fingerprint density at radius 3 is 2.46 bits per heavy atom. The van der Waals surface area contributed by atoms with E-state index in [0.29, 0.717) is 51.4 Å². The number of rotatable bonds is 8. The van der Waals surface area contributed by atoms with Crippen LogP contribution < -0.4 is 24.8 Å². The van der Waals surface area contributed by atoms with E-state index in [-0.39, 0.29) is 48.7 Å². The molecule has 0 spiro atoms. The lowest BCUT2D eigenvalue weighted by atomic mass is 9.96. The first-order valence-electron chi connectivity index (χ1n) is 18.9. The van der Waals surface area contributed by atoms with Crippen LogP contribution in [-0.2, 0) is 35.3 Å². The molecular formula is C37H45F3N6O9S. The Hall–Kier alpha value is -4.68. The van der Waals surface area contributed by atoms with Gasteiger partial charge in [-0.05, 0) is 76.8 Å². The smallest absolute Gasteiger partial charge is 0.438 e. The van der Waals surface area contributed by atoms with Crippen LogP contribution in [-0.4, -0.2) is 95.3 Å². The molecule has 4 fully saturated rings. The fraction of sp³-hybridized carbons (Fsp3) is 0.622. The Morgan fingerprint density at radius 2 is 1.79 bits per heavy atom. The van der Waals surface area contributed by atoms with Gasteiger partial charge in [0.05, 0.1) is 29.4 Å². The second-order valence-corrected chi connectivity index (χ2v) is 17.8. The third-order valence-electron chi connectivity index (χ3n) is 11.5. The molecule has 5 aliphatic rings. The van der Waals surface area contributed by atoms with Crippen molar-refractivity contribution in [2.75, 3.05) is 13.7 Å². The number of allylic oxidation sites excluding steroid dienone is 1. The molecule has 2 aliphatic heterocycles. The topological polar surface area (TPSA) is 195 Å². The van der Waals surface area contributed by atoms with Crippen molar-refractivity contribution >= 4 is 44.9 Å². The summed E-state index contributed by atoms with van der Waals surface area (Å²) in [5.74, 6) is -3.62. The first-order chi connectivity index (χ1) is 26.5. The van der Waals surface area contributed by atoms with Crippen LogP contribution in [0, 0.1) is 5.92 Å². The number of benzene rings is 1. The van der Waals surface area contributed by atoms with E-state index in [1.807, 2.05) is 6.08 Å². The molecule has 19 heteroatoms. The third kappa shape index (κ3) is 8.09. The molecule has 1 aromatic carbocycles. The van der Waals surface area contributed by atoms with Gasteiger partial charge in [-0.15, -0.1) is 0 Å². The number of ether oxygens (including phenoxy) is 3. The van der Waals surface area contributed by atoms with Crippen LogP contribution in [0.25, 0.3) is 11.0 Å². The van der Waals surface area contributed by atoms with Gasteiger partial charge >= 0.3 is 12.3 Å². The Morgan fingerprint density at radius 1 is 1.02 bits per heavy atom. The number of halogens is 3. The lowest BCUT2D eigenvalue weighted by Crippen LogP contribution is -2.58. The zero-order valence-corrected chi connectivity index (χ0v) is 31.8. The number of methoxy groups -OCH3 is 1. The molecule has 3 aliphatic carbocycles. The Balaban J connectivity index is 1.20. The third-order valence-corrected chi connectivity index (χ3v) is 13.6. The van der Waals surface area contributed by atoms with Gasteiger partial charge in [-0.3, -0.25) is 19.1 Å². The van der Waals surface area contributed by atoms with E-state index >= 15 is 0 Å². The number of alkyl halides is 3. The number of nitrogens with zero attached hydrogens (tertiary/aromatic N) is 3. The standard InChI is InChI=1S/C37H45F3N6O9S/c1-35(15-16-35)56(51,52)45-33(49)36-19-21(36)9-6-4-3-5-7-12-26(43-34(50)55-22-10-8-11-22)32(48)46-20-24(18-28(46)30(47)44-36)54-31-29(37(38,39)40)41-27-17-23(53-2)13-14-25(27)42-31/h6,9,13-14,17,21-22,24,26,28H,3-5,7-8,10-12,15-16,18-20H2,1-2H3,(H,43,50)(H,44,47)(H,45,49)/b9-6+/t21-,24-,26+,28+,36-/m1/s1. The first kappa shape index (κ1) is 39.6. The summed E-state index contributed by atoms with van der Waals surface area (Å²) < 4.78 is 86.9. The molecule has 3 N–H and O–H groups in total. The summed E-state index contributed by atoms with van der Waals surface area (Å²) in [4.78, 5) is 64.5. The molecule has 2 aromatic rings. The zero-order chi connectivity index (χ0) is 40.0. The Labute approximate surface area is 321 Å². The Bertz CT molecular complexity index is 2040. The quantitative estimate of drug-likeness (QED) is 0.326. The molecule has 0 unspecified atom stereocenters. The van der Waals surface area contributed by atoms with Crippen LogP contribution in [0.1, 0.15) is 89.7 Å². The van der Waals surface area contributed by atoms with Crippen LogP contribution in [0.4, 0.5) is 18.0 Å². The van der Waals surface area contributed by atoms with Crippen molar-refractivity contribution in [3.05, 3.63) is 36.0 Å². The van der Waals surface area contributed by atoms with Crippen LogP contribution in [0.15, 0.2) is 30.4 Å². The zero-order valence-electron chi connectivity index (χ0n) is 31.0. The van der Waals surface area contributed by atoms with Crippen LogP contribution in [0.2, 0.25) is 0 Å². The molecule has 56 heavy (non-hydrogen) atoms. The van der Waals surface area contributed by atoms with E-state index in [9.17, 15) is 40.8 Å². The van der Waals surface area contributed by atoms with Gasteiger partial charge in [0.1, 0.15) is 35.6 Å². The predicted octanol–water partition coefficient (Wildman–Crippen LogP) is 4.05. The molecule has 1 saturated heterocycles. The molecule has 15 nitrogen and oxygen atoms in total. The number of carbonyl (C=O) groups excluding carboxylic acids is 4. The van der Waals surface area contributed by atoms with Crippen molar-refractivity contribution in [1.82, 2.24) is 30.2 Å². The number of aromatic nitrogens is 2. The van der Waals surface area contributed by atoms with Crippen molar-refractivity contribution < 1.29 is 55.0 Å². The largest absolute Gasteiger partial charge is 0.497 e. The maximum atomic E-state index is 14.4. The highest BCUT2D eigenvalue weighted by molar-refractivity contribution is 7.91. The number of sulfonamides is 1. The summed E-state index contributed by atoms with van der Waals surface area (Å²) in [6.07, 6.45) is 1.77. The van der Waals surface area contributed by atoms with E-state index in [1.54, 1.807) is 6.08 Å². The minimum absolute atomic E-state index is 0.0699. The molecule has 3 heterocycles. The van der Waals surface area contributed by atoms with E-state index in [1.165, 1.54) is 32.2 Å². The van der Waals surface area contributed by atoms with E-state index < -0.39 is 86.0 Å². The molecule has 1 aromatic heterocycles. The van der Waals surface area contributed by atoms with Crippen LogP contribution in [0.3, 0.4) is 0 Å². The summed E-state index contributed by atoms with van der Waals surface area (Å²) in [5.41, 5.74) is -3.13. The predicted molar refractivity (Wildman–Crippen MR) is 193 cm³/mol. The molecule has 4 amide bonds. The van der Waals surface area contributed by atoms with E-state index in [2.05, 4.69) is 25.3 Å². The molecular weight excluding hydrogens is 762 g/mol. The second-order valence-electron chi connectivity index (χ2n) is 15.6. The van der Waals surface area contributed by atoms with Crippen LogP contribution in [0.5, 0.6) is 11.6 Å². The average Bonchev–Trinajstić information content (AvgIpc) is 4.01. The number of nitrogens with one attached hydrogen (secondary N) is 3. The number of amides is 4. The summed E-state index contributed by atoms with van der Waals surface area (Å²) in [7, 11) is -2.73. The minimum Gasteiger partial charge on any atom is -0.497 e. The normalized spacial score (nSPS) is 28.6. The van der Waals surface area contributed by atoms with Gasteiger partial charge in [-0.25, -0.2) is 23.2 Å². The average molecular weight is 807 g/mol. The molecule has 0 bridgehead atoms. The highest BCUT2D eigenvalue weighted by Crippen LogP contribution is 2.47. The van der Waals surface area contributed by atoms with E-state index in [4.69, 9.17) is 14.2 Å². The Kier molecular flexibility index (Phi) is 10.6. The monoisotopic (exact) mass is 806 g/mol. The first-order valence-corrected chi connectivity index (χ1v) is 20.4. The van der Waals surface area contributed by atoms with Gasteiger partial charge < -0.3 is 29.7 Å². The number of alkyl carbamates (subject to hydrolysis) is 1. The van der Waals surface area contributed by atoms with Crippen molar-refractivity contribution in [2.24, 2.45) is 5.92 Å². The molecule has 0 radical (unpaired) electrons. The maximum absolute atomic E-state index is 14.4. The maximum Gasteiger partial charge on any atom is 0.438 e. The van der Waals surface area contributed by atoms with Gasteiger partial charge in [0.25, 0.3) is 5.91 Å². The van der Waals surface area contributed by atoms with Crippen molar-refractivity contribution in [3.63, 3.8) is 0 Å². The molecule has 304 valence electrons. The summed E-state index contributed by atoms with van der Waals surface area (Å²) in [5, 5.41) is 5.38. The second kappa shape index (κ2) is 15.0. The van der Waals surface area contributed by atoms with Gasteiger partial charge in [0, 0.05) is 18.4 Å². The van der Waals surface area contributed by atoms with Crippen molar-refractivity contribution in [3.8, 4) is 11.6 Å². The molecule has 3 saturated carbocycles. The number of fused-ring (bicyclic) bond motifs is 3. The molecule has 7 rings (SSSR count). The van der Waals surface area contributed by atoms with Gasteiger partial charge in [0.15, 0.2) is 0 Å². The number of carbonyl (C=O) groups is 4. The number of hydrogen-bond donors (Lipinski definition) is 3. The van der Waals surface area contributed by atoms with Gasteiger partial charge in [-0.2, -0.15) is 13.2 Å². The van der Waals surface area contributed by atoms with Crippen molar-refractivity contribution in [2.45, 2.75) is 125 Å². The highest BCUT2D eigenvalue weighted by Gasteiger charge is 2.63. The van der Waals surface area contributed by atoms with Crippen LogP contribution >= 0.6 is 0 Å². The van der Waals surface area contributed by atoms with Gasteiger partial charge in [0.2, 0.25) is 33.4 Å².